The van der Waals surface area contributed by atoms with E-state index < -0.39 is 0 Å². The van der Waals surface area contributed by atoms with E-state index in [2.05, 4.69) is 10.6 Å². The first-order chi connectivity index (χ1) is 14.0. The molecule has 5 nitrogen and oxygen atoms in total. The molecule has 0 fully saturated rings. The van der Waals surface area contributed by atoms with E-state index in [1.54, 1.807) is 18.2 Å². The number of ether oxygens (including phenoxy) is 1. The summed E-state index contributed by atoms with van der Waals surface area (Å²) >= 11 is 6.07. The Morgan fingerprint density at radius 3 is 2.38 bits per heavy atom. The van der Waals surface area contributed by atoms with Crippen LogP contribution < -0.4 is 15.4 Å². The summed E-state index contributed by atoms with van der Waals surface area (Å²) in [6.07, 6.45) is 0.215. The summed E-state index contributed by atoms with van der Waals surface area (Å²) in [6, 6.07) is 21.9. The number of nitrogens with one attached hydrogen (secondary N) is 2. The van der Waals surface area contributed by atoms with Crippen molar-refractivity contribution < 1.29 is 14.3 Å². The molecule has 3 rings (SSSR count). The number of anilines is 1. The van der Waals surface area contributed by atoms with Crippen molar-refractivity contribution in [3.63, 3.8) is 0 Å². The predicted molar refractivity (Wildman–Crippen MR) is 114 cm³/mol. The topological polar surface area (TPSA) is 67.4 Å². The SMILES string of the molecule is Cc1ccc(Oc2ccc(Cl)cc2NC(=O)CNC(=O)Cc2ccccc2)cc1. The lowest BCUT2D eigenvalue weighted by molar-refractivity contribution is -0.123. The van der Waals surface area contributed by atoms with Crippen molar-refractivity contribution in [2.75, 3.05) is 11.9 Å². The highest BCUT2D eigenvalue weighted by Crippen LogP contribution is 2.32. The molecule has 148 valence electrons. The number of hydrogen-bond donors (Lipinski definition) is 2. The van der Waals surface area contributed by atoms with E-state index in [0.717, 1.165) is 11.1 Å². The summed E-state index contributed by atoms with van der Waals surface area (Å²) in [5.41, 5.74) is 2.43. The van der Waals surface area contributed by atoms with E-state index in [1.165, 1.54) is 0 Å². The van der Waals surface area contributed by atoms with Crippen LogP contribution in [0.1, 0.15) is 11.1 Å². The summed E-state index contributed by atoms with van der Waals surface area (Å²) in [7, 11) is 0. The van der Waals surface area contributed by atoms with Gasteiger partial charge in [0, 0.05) is 5.02 Å². The molecule has 3 aromatic carbocycles. The maximum Gasteiger partial charge on any atom is 0.243 e. The lowest BCUT2D eigenvalue weighted by Gasteiger charge is -2.13. The highest BCUT2D eigenvalue weighted by molar-refractivity contribution is 6.31. The van der Waals surface area contributed by atoms with Crippen LogP contribution in [0.5, 0.6) is 11.5 Å². The Kier molecular flexibility index (Phi) is 6.87. The first-order valence-corrected chi connectivity index (χ1v) is 9.52. The number of benzene rings is 3. The fourth-order valence-electron chi connectivity index (χ4n) is 2.64. The second kappa shape index (κ2) is 9.75. The summed E-state index contributed by atoms with van der Waals surface area (Å²) in [5.74, 6) is 0.503. The van der Waals surface area contributed by atoms with Crippen LogP contribution in [-0.4, -0.2) is 18.4 Å². The van der Waals surface area contributed by atoms with E-state index in [1.807, 2.05) is 61.5 Å². The molecule has 0 saturated heterocycles. The molecule has 0 spiro atoms. The van der Waals surface area contributed by atoms with E-state index in [0.29, 0.717) is 22.2 Å². The van der Waals surface area contributed by atoms with Gasteiger partial charge in [-0.3, -0.25) is 9.59 Å². The second-order valence-electron chi connectivity index (χ2n) is 6.54. The second-order valence-corrected chi connectivity index (χ2v) is 6.98. The number of carbonyl (C=O) groups is 2. The zero-order valence-corrected chi connectivity index (χ0v) is 16.7. The first kappa shape index (κ1) is 20.4. The van der Waals surface area contributed by atoms with E-state index >= 15 is 0 Å². The standard InChI is InChI=1S/C23H21ClN2O3/c1-16-7-10-19(11-8-16)29-21-12-9-18(24)14-20(21)26-23(28)15-25-22(27)13-17-5-3-2-4-6-17/h2-12,14H,13,15H2,1H3,(H,25,27)(H,26,28). The fourth-order valence-corrected chi connectivity index (χ4v) is 2.81. The van der Waals surface area contributed by atoms with Crippen molar-refractivity contribution in [2.45, 2.75) is 13.3 Å². The van der Waals surface area contributed by atoms with Gasteiger partial charge in [-0.1, -0.05) is 59.6 Å². The number of amides is 2. The average molecular weight is 409 g/mol. The zero-order valence-electron chi connectivity index (χ0n) is 15.9. The van der Waals surface area contributed by atoms with Gasteiger partial charge in [0.1, 0.15) is 5.75 Å². The largest absolute Gasteiger partial charge is 0.455 e. The number of rotatable bonds is 7. The summed E-state index contributed by atoms with van der Waals surface area (Å²) < 4.78 is 5.86. The van der Waals surface area contributed by atoms with Gasteiger partial charge in [-0.05, 0) is 42.8 Å². The Morgan fingerprint density at radius 1 is 0.931 bits per heavy atom. The van der Waals surface area contributed by atoms with Gasteiger partial charge < -0.3 is 15.4 Å². The molecule has 0 unspecified atom stereocenters. The molecule has 3 aromatic rings. The van der Waals surface area contributed by atoms with Gasteiger partial charge >= 0.3 is 0 Å². The maximum atomic E-state index is 12.3. The summed E-state index contributed by atoms with van der Waals surface area (Å²) in [5, 5.41) is 5.82. The van der Waals surface area contributed by atoms with Crippen LogP contribution in [-0.2, 0) is 16.0 Å². The average Bonchev–Trinajstić information content (AvgIpc) is 2.71. The minimum atomic E-state index is -0.373. The molecule has 2 N–H and O–H groups in total. The minimum absolute atomic E-state index is 0.151. The molecule has 0 aliphatic heterocycles. The highest BCUT2D eigenvalue weighted by atomic mass is 35.5. The molecule has 0 aliphatic carbocycles. The van der Waals surface area contributed by atoms with Gasteiger partial charge in [0.15, 0.2) is 5.75 Å². The fraction of sp³-hybridized carbons (Fsp3) is 0.130. The Balaban J connectivity index is 1.59. The van der Waals surface area contributed by atoms with Gasteiger partial charge in [-0.15, -0.1) is 0 Å². The monoisotopic (exact) mass is 408 g/mol. The molecule has 0 radical (unpaired) electrons. The molecule has 0 heterocycles. The van der Waals surface area contributed by atoms with Gasteiger partial charge in [-0.25, -0.2) is 0 Å². The van der Waals surface area contributed by atoms with Gasteiger partial charge in [-0.2, -0.15) is 0 Å². The number of hydrogen-bond acceptors (Lipinski definition) is 3. The van der Waals surface area contributed by atoms with Crippen molar-refractivity contribution in [3.05, 3.63) is 88.9 Å². The number of carbonyl (C=O) groups excluding carboxylic acids is 2. The molecular weight excluding hydrogens is 388 g/mol. The molecule has 29 heavy (non-hydrogen) atoms. The van der Waals surface area contributed by atoms with E-state index in [9.17, 15) is 9.59 Å². The smallest absolute Gasteiger partial charge is 0.243 e. The van der Waals surface area contributed by atoms with Crippen molar-refractivity contribution in [1.29, 1.82) is 0 Å². The first-order valence-electron chi connectivity index (χ1n) is 9.14. The lowest BCUT2D eigenvalue weighted by Crippen LogP contribution is -2.33. The van der Waals surface area contributed by atoms with E-state index in [-0.39, 0.29) is 24.8 Å². The predicted octanol–water partition coefficient (Wildman–Crippen LogP) is 4.74. The Bertz CT molecular complexity index is 989. The van der Waals surface area contributed by atoms with Crippen LogP contribution in [0, 0.1) is 6.92 Å². The highest BCUT2D eigenvalue weighted by Gasteiger charge is 2.11. The third-order valence-corrected chi connectivity index (χ3v) is 4.35. The summed E-state index contributed by atoms with van der Waals surface area (Å²) in [4.78, 5) is 24.3. The number of halogens is 1. The quantitative estimate of drug-likeness (QED) is 0.593. The van der Waals surface area contributed by atoms with Crippen LogP contribution >= 0.6 is 11.6 Å². The molecule has 0 saturated carbocycles. The third kappa shape index (κ3) is 6.36. The van der Waals surface area contributed by atoms with Crippen LogP contribution in [0.4, 0.5) is 5.69 Å². The van der Waals surface area contributed by atoms with E-state index in [4.69, 9.17) is 16.3 Å². The summed E-state index contributed by atoms with van der Waals surface area (Å²) in [6.45, 7) is 1.84. The Labute approximate surface area is 174 Å². The van der Waals surface area contributed by atoms with Crippen molar-refractivity contribution in [3.8, 4) is 11.5 Å². The van der Waals surface area contributed by atoms with Gasteiger partial charge in [0.25, 0.3) is 0 Å². The normalized spacial score (nSPS) is 10.3. The third-order valence-electron chi connectivity index (χ3n) is 4.12. The van der Waals surface area contributed by atoms with Crippen molar-refractivity contribution in [1.82, 2.24) is 5.32 Å². The molecule has 0 aromatic heterocycles. The van der Waals surface area contributed by atoms with Gasteiger partial charge in [0.05, 0.1) is 18.7 Å². The van der Waals surface area contributed by atoms with Crippen molar-refractivity contribution in [2.24, 2.45) is 0 Å². The van der Waals surface area contributed by atoms with Crippen LogP contribution in [0.25, 0.3) is 0 Å². The Hall–Kier alpha value is -3.31. The molecule has 2 amide bonds. The molecular formula is C23H21ClN2O3. The van der Waals surface area contributed by atoms with Crippen LogP contribution in [0.15, 0.2) is 72.8 Å². The van der Waals surface area contributed by atoms with Gasteiger partial charge in [0.2, 0.25) is 11.8 Å². The molecule has 6 heteroatoms. The number of aryl methyl sites for hydroxylation is 1. The molecule has 0 aliphatic rings. The minimum Gasteiger partial charge on any atom is -0.455 e. The van der Waals surface area contributed by atoms with Crippen LogP contribution in [0.3, 0.4) is 0 Å². The Morgan fingerprint density at radius 2 is 1.66 bits per heavy atom. The molecule has 0 atom stereocenters. The lowest BCUT2D eigenvalue weighted by atomic mass is 10.1. The maximum absolute atomic E-state index is 12.3. The zero-order chi connectivity index (χ0) is 20.6. The van der Waals surface area contributed by atoms with Crippen LogP contribution in [0.2, 0.25) is 5.02 Å². The van der Waals surface area contributed by atoms with Crippen molar-refractivity contribution >= 4 is 29.1 Å². The molecule has 0 bridgehead atoms.